The van der Waals surface area contributed by atoms with E-state index in [0.29, 0.717) is 0 Å². The SMILES string of the molecule is Cc1ccc(C)cc1.O=C(O)C1CCCCC1. The third kappa shape index (κ3) is 5.53. The molecule has 2 heteroatoms. The molecule has 17 heavy (non-hydrogen) atoms. The number of carboxylic acid groups (broad SMARTS) is 1. The van der Waals surface area contributed by atoms with Crippen LogP contribution in [0.2, 0.25) is 0 Å². The van der Waals surface area contributed by atoms with Crippen molar-refractivity contribution in [3.05, 3.63) is 35.4 Å². The molecule has 0 aromatic heterocycles. The second-order valence-electron chi connectivity index (χ2n) is 4.83. The van der Waals surface area contributed by atoms with E-state index in [4.69, 9.17) is 5.11 Å². The molecule has 0 saturated heterocycles. The summed E-state index contributed by atoms with van der Waals surface area (Å²) in [5.74, 6) is -0.631. The molecule has 0 unspecified atom stereocenters. The summed E-state index contributed by atoms with van der Waals surface area (Å²) in [6, 6.07) is 8.48. The van der Waals surface area contributed by atoms with Crippen molar-refractivity contribution in [1.82, 2.24) is 0 Å². The standard InChI is InChI=1S/C8H10.C7H12O2/c1-7-3-5-8(2)6-4-7;8-7(9)6-4-2-1-3-5-6/h3-6H,1-2H3;6H,1-5H2,(H,8,9). The number of aliphatic carboxylic acids is 1. The minimum Gasteiger partial charge on any atom is -0.481 e. The summed E-state index contributed by atoms with van der Waals surface area (Å²) in [6.07, 6.45) is 5.24. The molecule has 0 aliphatic heterocycles. The van der Waals surface area contributed by atoms with Crippen molar-refractivity contribution in [1.29, 1.82) is 0 Å². The zero-order valence-electron chi connectivity index (χ0n) is 10.8. The van der Waals surface area contributed by atoms with Gasteiger partial charge in [-0.05, 0) is 26.7 Å². The van der Waals surface area contributed by atoms with Crippen molar-refractivity contribution in [2.75, 3.05) is 0 Å². The molecule has 94 valence electrons. The molecule has 1 N–H and O–H groups in total. The van der Waals surface area contributed by atoms with E-state index in [0.717, 1.165) is 25.7 Å². The molecular formula is C15H22O2. The molecule has 2 nitrogen and oxygen atoms in total. The average molecular weight is 234 g/mol. The van der Waals surface area contributed by atoms with Gasteiger partial charge in [-0.1, -0.05) is 54.7 Å². The van der Waals surface area contributed by atoms with Gasteiger partial charge in [0.05, 0.1) is 5.92 Å². The summed E-state index contributed by atoms with van der Waals surface area (Å²) in [5.41, 5.74) is 2.66. The maximum Gasteiger partial charge on any atom is 0.306 e. The number of hydrogen-bond donors (Lipinski definition) is 1. The third-order valence-electron chi connectivity index (χ3n) is 3.17. The predicted octanol–water partition coefficient (Wildman–Crippen LogP) is 3.95. The Kier molecular flexibility index (Phi) is 5.75. The van der Waals surface area contributed by atoms with Crippen LogP contribution < -0.4 is 0 Å². The molecule has 0 radical (unpaired) electrons. The summed E-state index contributed by atoms with van der Waals surface area (Å²) < 4.78 is 0. The first kappa shape index (κ1) is 13.8. The predicted molar refractivity (Wildman–Crippen MR) is 70.1 cm³/mol. The Hall–Kier alpha value is -1.31. The Morgan fingerprint density at radius 2 is 1.41 bits per heavy atom. The average Bonchev–Trinajstić information content (AvgIpc) is 2.35. The van der Waals surface area contributed by atoms with Gasteiger partial charge < -0.3 is 5.11 Å². The zero-order chi connectivity index (χ0) is 12.7. The topological polar surface area (TPSA) is 37.3 Å². The molecule has 0 heterocycles. The lowest BCUT2D eigenvalue weighted by molar-refractivity contribution is -0.142. The van der Waals surface area contributed by atoms with Gasteiger partial charge in [-0.2, -0.15) is 0 Å². The van der Waals surface area contributed by atoms with Gasteiger partial charge in [0, 0.05) is 0 Å². The highest BCUT2D eigenvalue weighted by Crippen LogP contribution is 2.23. The quantitative estimate of drug-likeness (QED) is 0.798. The van der Waals surface area contributed by atoms with Crippen molar-refractivity contribution in [3.8, 4) is 0 Å². The van der Waals surface area contributed by atoms with Gasteiger partial charge in [0.15, 0.2) is 0 Å². The van der Waals surface area contributed by atoms with E-state index >= 15 is 0 Å². The molecule has 1 aliphatic carbocycles. The summed E-state index contributed by atoms with van der Waals surface area (Å²) >= 11 is 0. The molecular weight excluding hydrogens is 212 g/mol. The Bertz CT molecular complexity index is 313. The number of rotatable bonds is 1. The number of benzene rings is 1. The molecule has 2 rings (SSSR count). The van der Waals surface area contributed by atoms with Crippen LogP contribution in [0.15, 0.2) is 24.3 Å². The lowest BCUT2D eigenvalue weighted by Crippen LogP contribution is -2.16. The van der Waals surface area contributed by atoms with E-state index in [1.165, 1.54) is 17.5 Å². The number of carbonyl (C=O) groups is 1. The number of aryl methyl sites for hydroxylation is 2. The van der Waals surface area contributed by atoms with Gasteiger partial charge in [-0.3, -0.25) is 4.79 Å². The minimum absolute atomic E-state index is 0.0289. The van der Waals surface area contributed by atoms with Gasteiger partial charge in [0.2, 0.25) is 0 Å². The number of hydrogen-bond acceptors (Lipinski definition) is 1. The first-order valence-corrected chi connectivity index (χ1v) is 6.35. The minimum atomic E-state index is -0.602. The van der Waals surface area contributed by atoms with Gasteiger partial charge in [-0.25, -0.2) is 0 Å². The molecule has 1 saturated carbocycles. The van der Waals surface area contributed by atoms with Gasteiger partial charge in [0.25, 0.3) is 0 Å². The van der Waals surface area contributed by atoms with Crippen LogP contribution in [-0.4, -0.2) is 11.1 Å². The molecule has 0 spiro atoms. The Morgan fingerprint density at radius 3 is 1.71 bits per heavy atom. The van der Waals surface area contributed by atoms with Crippen LogP contribution in [-0.2, 0) is 4.79 Å². The van der Waals surface area contributed by atoms with Crippen molar-refractivity contribution in [2.45, 2.75) is 46.0 Å². The van der Waals surface area contributed by atoms with Crippen molar-refractivity contribution in [3.63, 3.8) is 0 Å². The maximum atomic E-state index is 10.4. The highest BCUT2D eigenvalue weighted by molar-refractivity contribution is 5.69. The fourth-order valence-electron chi connectivity index (χ4n) is 1.99. The summed E-state index contributed by atoms with van der Waals surface area (Å²) in [4.78, 5) is 10.4. The second-order valence-corrected chi connectivity index (χ2v) is 4.83. The zero-order valence-corrected chi connectivity index (χ0v) is 10.8. The monoisotopic (exact) mass is 234 g/mol. The van der Waals surface area contributed by atoms with E-state index in [-0.39, 0.29) is 5.92 Å². The van der Waals surface area contributed by atoms with E-state index in [2.05, 4.69) is 38.1 Å². The van der Waals surface area contributed by atoms with Crippen LogP contribution in [0.25, 0.3) is 0 Å². The van der Waals surface area contributed by atoms with Crippen LogP contribution in [0, 0.1) is 19.8 Å². The first-order chi connectivity index (χ1) is 8.09. The van der Waals surface area contributed by atoms with Crippen LogP contribution >= 0.6 is 0 Å². The second kappa shape index (κ2) is 7.10. The Labute approximate surface area is 104 Å². The lowest BCUT2D eigenvalue weighted by atomic mass is 9.90. The molecule has 1 aromatic rings. The number of carboxylic acids is 1. The summed E-state index contributed by atoms with van der Waals surface area (Å²) in [6.45, 7) is 4.19. The van der Waals surface area contributed by atoms with Crippen molar-refractivity contribution >= 4 is 5.97 Å². The fraction of sp³-hybridized carbons (Fsp3) is 0.533. The van der Waals surface area contributed by atoms with Crippen LogP contribution in [0.5, 0.6) is 0 Å². The highest BCUT2D eigenvalue weighted by atomic mass is 16.4. The third-order valence-corrected chi connectivity index (χ3v) is 3.17. The molecule has 1 aliphatic rings. The smallest absolute Gasteiger partial charge is 0.306 e. The van der Waals surface area contributed by atoms with Crippen LogP contribution in [0.3, 0.4) is 0 Å². The Morgan fingerprint density at radius 1 is 1.00 bits per heavy atom. The normalized spacial score (nSPS) is 15.9. The molecule has 1 fully saturated rings. The van der Waals surface area contributed by atoms with E-state index < -0.39 is 5.97 Å². The van der Waals surface area contributed by atoms with Crippen molar-refractivity contribution in [2.24, 2.45) is 5.92 Å². The molecule has 0 bridgehead atoms. The van der Waals surface area contributed by atoms with Gasteiger partial charge in [-0.15, -0.1) is 0 Å². The van der Waals surface area contributed by atoms with E-state index in [9.17, 15) is 4.79 Å². The van der Waals surface area contributed by atoms with Gasteiger partial charge in [0.1, 0.15) is 0 Å². The van der Waals surface area contributed by atoms with E-state index in [1.807, 2.05) is 0 Å². The maximum absolute atomic E-state index is 10.4. The molecule has 0 atom stereocenters. The largest absolute Gasteiger partial charge is 0.481 e. The van der Waals surface area contributed by atoms with Crippen LogP contribution in [0.1, 0.15) is 43.2 Å². The van der Waals surface area contributed by atoms with Crippen molar-refractivity contribution < 1.29 is 9.90 Å². The fourth-order valence-corrected chi connectivity index (χ4v) is 1.99. The summed E-state index contributed by atoms with van der Waals surface area (Å²) in [7, 11) is 0. The van der Waals surface area contributed by atoms with Crippen LogP contribution in [0.4, 0.5) is 0 Å². The Balaban J connectivity index is 0.000000171. The van der Waals surface area contributed by atoms with Gasteiger partial charge >= 0.3 is 5.97 Å². The molecule has 0 amide bonds. The lowest BCUT2D eigenvalue weighted by Gasteiger charge is -2.16. The summed E-state index contributed by atoms with van der Waals surface area (Å²) in [5, 5.41) is 8.54. The van der Waals surface area contributed by atoms with E-state index in [1.54, 1.807) is 0 Å². The molecule has 1 aromatic carbocycles. The highest BCUT2D eigenvalue weighted by Gasteiger charge is 2.19. The first-order valence-electron chi connectivity index (χ1n) is 6.35.